The maximum absolute atomic E-state index is 13.6. The van der Waals surface area contributed by atoms with E-state index in [4.69, 9.17) is 4.74 Å². The van der Waals surface area contributed by atoms with Gasteiger partial charge in [-0.05, 0) is 0 Å². The van der Waals surface area contributed by atoms with Gasteiger partial charge in [-0.1, -0.05) is 39.0 Å². The molecule has 0 saturated carbocycles. The predicted molar refractivity (Wildman–Crippen MR) is 172 cm³/mol. The van der Waals surface area contributed by atoms with Crippen molar-refractivity contribution in [2.45, 2.75) is 101 Å². The Morgan fingerprint density at radius 2 is 1.13 bits per heavy atom. The van der Waals surface area contributed by atoms with Crippen molar-refractivity contribution >= 4 is 97.3 Å². The molecule has 38 heavy (non-hydrogen) atoms. The standard InChI is InChI=1S/C24H28O4S2.6CH3.2Sn/c1-2-3-4-5-6-7-8-9-10-11-14-28-24(27)20-18-13-16-29-21(18)19(23(25)26)17-12-15-30-22(17)20;;;;;;;;/h12-13H,2-11,14H2,1H3,(H,25,26);6*1H3;;. The van der Waals surface area contributed by atoms with Crippen molar-refractivity contribution in [3.05, 3.63) is 23.3 Å². The first-order valence-corrected chi connectivity index (χ1v) is 35.9. The minimum absolute atomic E-state index is 0.293. The van der Waals surface area contributed by atoms with Gasteiger partial charge in [-0.25, -0.2) is 0 Å². The summed E-state index contributed by atoms with van der Waals surface area (Å²) in [5.41, 5.74) is 0.961. The third-order valence-electron chi connectivity index (χ3n) is 7.08. The summed E-state index contributed by atoms with van der Waals surface area (Å²) in [6, 6.07) is 4.20. The van der Waals surface area contributed by atoms with E-state index in [1.165, 1.54) is 57.2 Å². The Morgan fingerprint density at radius 1 is 0.711 bits per heavy atom. The maximum atomic E-state index is 13.6. The molecule has 0 saturated heterocycles. The molecule has 1 N–H and O–H groups in total. The second-order valence-electron chi connectivity index (χ2n) is 12.6. The molecule has 8 heteroatoms. The van der Waals surface area contributed by atoms with Gasteiger partial charge >= 0.3 is 208 Å². The molecule has 3 aromatic rings. The van der Waals surface area contributed by atoms with Crippen LogP contribution in [0.25, 0.3) is 20.2 Å². The van der Waals surface area contributed by atoms with Crippen LogP contribution in [0.2, 0.25) is 29.6 Å². The van der Waals surface area contributed by atoms with Gasteiger partial charge in [0.15, 0.2) is 0 Å². The number of esters is 1. The molecule has 0 fully saturated rings. The zero-order valence-electron chi connectivity index (χ0n) is 24.4. The molecule has 210 valence electrons. The Labute approximate surface area is 245 Å². The molecule has 0 spiro atoms. The van der Waals surface area contributed by atoms with Crippen LogP contribution in [0.1, 0.15) is 91.8 Å². The number of unbranched alkanes of at least 4 members (excludes halogenated alkanes) is 9. The van der Waals surface area contributed by atoms with E-state index in [2.05, 4.69) is 48.7 Å². The van der Waals surface area contributed by atoms with Crippen molar-refractivity contribution in [1.82, 2.24) is 0 Å². The molecule has 2 aromatic heterocycles. The average molecular weight is 772 g/mol. The van der Waals surface area contributed by atoms with Gasteiger partial charge in [0.25, 0.3) is 0 Å². The predicted octanol–water partition coefficient (Wildman–Crippen LogP) is 8.98. The number of carboxylic acids is 1. The number of benzene rings is 1. The van der Waals surface area contributed by atoms with Crippen LogP contribution < -0.4 is 5.79 Å². The number of rotatable bonds is 15. The molecule has 1 aromatic carbocycles. The second kappa shape index (κ2) is 14.0. The fourth-order valence-corrected chi connectivity index (χ4v) is 17.6. The van der Waals surface area contributed by atoms with Gasteiger partial charge in [0.2, 0.25) is 0 Å². The van der Waals surface area contributed by atoms with Crippen molar-refractivity contribution in [3.63, 3.8) is 0 Å². The summed E-state index contributed by atoms with van der Waals surface area (Å²) >= 11 is -1.76. The fourth-order valence-electron chi connectivity index (χ4n) is 4.75. The van der Waals surface area contributed by atoms with Crippen molar-refractivity contribution < 1.29 is 19.4 Å². The van der Waals surface area contributed by atoms with Crippen LogP contribution in [0.3, 0.4) is 0 Å². The number of carboxylic acid groups (broad SMARTS) is 1. The first kappa shape index (κ1) is 32.2. The normalized spacial score (nSPS) is 12.5. The molecule has 0 aliphatic carbocycles. The molecular weight excluding hydrogens is 726 g/mol. The van der Waals surface area contributed by atoms with Gasteiger partial charge < -0.3 is 0 Å². The molecule has 0 aliphatic rings. The number of carbonyl (C=O) groups excluding carboxylic acids is 1. The van der Waals surface area contributed by atoms with Crippen LogP contribution in [0, 0.1) is 0 Å². The fraction of sp³-hybridized carbons (Fsp3) is 0.600. The molecule has 0 aliphatic heterocycles. The quantitative estimate of drug-likeness (QED) is 0.0953. The summed E-state index contributed by atoms with van der Waals surface area (Å²) < 4.78 is 9.98. The van der Waals surface area contributed by atoms with E-state index < -0.39 is 42.7 Å². The summed E-state index contributed by atoms with van der Waals surface area (Å²) in [4.78, 5) is 40.1. The van der Waals surface area contributed by atoms with Gasteiger partial charge in [-0.2, -0.15) is 0 Å². The number of thiophene rings is 2. The number of aromatic carboxylic acids is 1. The number of carbonyl (C=O) groups is 2. The first-order valence-electron chi connectivity index (χ1n) is 14.3. The van der Waals surface area contributed by atoms with Crippen LogP contribution in [0.4, 0.5) is 0 Å². The third kappa shape index (κ3) is 8.12. The summed E-state index contributed by atoms with van der Waals surface area (Å²) in [6.45, 7) is 2.67. The summed E-state index contributed by atoms with van der Waals surface area (Å²) in [7, 11) is 0. The minimum atomic E-state index is -2.49. The molecule has 0 atom stereocenters. The van der Waals surface area contributed by atoms with Gasteiger partial charge in [-0.3, -0.25) is 0 Å². The van der Waals surface area contributed by atoms with E-state index in [1.54, 1.807) is 22.7 Å². The number of hydrogen-bond acceptors (Lipinski definition) is 5. The molecule has 4 nitrogen and oxygen atoms in total. The van der Waals surface area contributed by atoms with Crippen molar-refractivity contribution in [1.29, 1.82) is 0 Å². The molecule has 2 heterocycles. The topological polar surface area (TPSA) is 63.6 Å². The van der Waals surface area contributed by atoms with Crippen molar-refractivity contribution in [2.75, 3.05) is 6.61 Å². The van der Waals surface area contributed by atoms with Crippen molar-refractivity contribution in [2.24, 2.45) is 0 Å². The van der Waals surface area contributed by atoms with Gasteiger partial charge in [0.05, 0.1) is 0 Å². The molecular formula is C30H46O4S2Sn2. The van der Waals surface area contributed by atoms with Crippen molar-refractivity contribution in [3.8, 4) is 0 Å². The Kier molecular flexibility index (Phi) is 11.9. The van der Waals surface area contributed by atoms with Crippen LogP contribution in [0.15, 0.2) is 12.1 Å². The van der Waals surface area contributed by atoms with E-state index in [0.29, 0.717) is 17.7 Å². The summed E-state index contributed by atoms with van der Waals surface area (Å²) in [6.07, 6.45) is 12.4. The molecule has 0 bridgehead atoms. The third-order valence-corrected chi connectivity index (χ3v) is 28.2. The summed E-state index contributed by atoms with van der Waals surface area (Å²) in [5.74, 6) is -1.20. The molecule has 3 rings (SSSR count). The first-order chi connectivity index (χ1) is 17.9. The van der Waals surface area contributed by atoms with Gasteiger partial charge in [0, 0.05) is 0 Å². The molecule has 0 amide bonds. The molecule has 0 unspecified atom stereocenters. The Hall–Kier alpha value is -0.323. The Morgan fingerprint density at radius 3 is 1.58 bits per heavy atom. The van der Waals surface area contributed by atoms with E-state index in [1.807, 2.05) is 0 Å². The number of hydrogen-bond donors (Lipinski definition) is 1. The van der Waals surface area contributed by atoms with Gasteiger partial charge in [-0.15, -0.1) is 0 Å². The van der Waals surface area contributed by atoms with Crippen LogP contribution in [0.5, 0.6) is 0 Å². The van der Waals surface area contributed by atoms with Crippen LogP contribution >= 0.6 is 22.7 Å². The Bertz CT molecular complexity index is 1190. The van der Waals surface area contributed by atoms with E-state index in [0.717, 1.165) is 33.0 Å². The average Bonchev–Trinajstić information content (AvgIpc) is 3.45. The van der Waals surface area contributed by atoms with Crippen LogP contribution in [-0.2, 0) is 4.74 Å². The zero-order chi connectivity index (χ0) is 28.1. The van der Waals surface area contributed by atoms with Gasteiger partial charge in [0.1, 0.15) is 0 Å². The van der Waals surface area contributed by atoms with E-state index in [-0.39, 0.29) is 5.97 Å². The summed E-state index contributed by atoms with van der Waals surface area (Å²) in [5, 5.41) is 11.8. The Balaban J connectivity index is 1.82. The second-order valence-corrected chi connectivity index (χ2v) is 45.5. The number of fused-ring (bicyclic) bond motifs is 2. The van der Waals surface area contributed by atoms with E-state index >= 15 is 0 Å². The molecule has 0 radical (unpaired) electrons. The van der Waals surface area contributed by atoms with Crippen LogP contribution in [-0.4, -0.2) is 60.4 Å². The zero-order valence-corrected chi connectivity index (χ0v) is 31.8. The number of ether oxygens (including phenoxy) is 1. The van der Waals surface area contributed by atoms with E-state index in [9.17, 15) is 14.7 Å². The monoisotopic (exact) mass is 774 g/mol. The SMILES string of the molecule is CCCCCCCCCCCCOC(=O)c1c2c[c]([Sn]([CH3])([CH3])[CH3])sc2c(C(=O)O)c2c[c]([Sn]([CH3])([CH3])[CH3])sc12.